The zero-order valence-electron chi connectivity index (χ0n) is 23.8. The van der Waals surface area contributed by atoms with Crippen LogP contribution in [-0.4, -0.2) is 26.4 Å². The van der Waals surface area contributed by atoms with Crippen LogP contribution >= 0.6 is 0 Å². The highest BCUT2D eigenvalue weighted by Crippen LogP contribution is 1.65. The van der Waals surface area contributed by atoms with Gasteiger partial charge >= 0.3 is 0 Å². The van der Waals surface area contributed by atoms with Crippen LogP contribution in [0.3, 0.4) is 0 Å². The quantitative estimate of drug-likeness (QED) is 0.411. The van der Waals surface area contributed by atoms with Crippen LogP contribution in [-0.2, 0) is 9.47 Å². The Morgan fingerprint density at radius 1 is 0.290 bits per heavy atom. The molecule has 0 aromatic heterocycles. The first-order valence-corrected chi connectivity index (χ1v) is 12.2. The van der Waals surface area contributed by atoms with Crippen molar-refractivity contribution in [3.05, 3.63) is 0 Å². The molecule has 31 heavy (non-hydrogen) atoms. The fourth-order valence-corrected chi connectivity index (χ4v) is 0.408. The summed E-state index contributed by atoms with van der Waals surface area (Å²) >= 11 is 0. The van der Waals surface area contributed by atoms with Crippen molar-refractivity contribution in [2.24, 2.45) is 0 Å². The minimum Gasteiger partial charge on any atom is -0.382 e. The molecule has 0 fully saturated rings. The van der Waals surface area contributed by atoms with Gasteiger partial charge in [0.25, 0.3) is 0 Å². The van der Waals surface area contributed by atoms with Gasteiger partial charge in [-0.1, -0.05) is 146 Å². The van der Waals surface area contributed by atoms with Gasteiger partial charge in [0.2, 0.25) is 0 Å². The van der Waals surface area contributed by atoms with Crippen molar-refractivity contribution in [2.75, 3.05) is 26.4 Å². The fraction of sp³-hybridized carbons (Fsp3) is 1.00. The summed E-state index contributed by atoms with van der Waals surface area (Å²) in [5.41, 5.74) is 0. The van der Waals surface area contributed by atoms with Crippen molar-refractivity contribution in [3.63, 3.8) is 0 Å². The second-order valence-corrected chi connectivity index (χ2v) is 3.68. The van der Waals surface area contributed by atoms with E-state index < -0.39 is 0 Å². The molecule has 0 heterocycles. The van der Waals surface area contributed by atoms with Crippen molar-refractivity contribution < 1.29 is 9.47 Å². The predicted octanol–water partition coefficient (Wildman–Crippen LogP) is 13.0. The minimum absolute atomic E-state index is 0. The van der Waals surface area contributed by atoms with Crippen molar-refractivity contribution in [1.82, 2.24) is 0 Å². The number of hydrogen-bond acceptors (Lipinski definition) is 2. The monoisotopic (exact) mass is 465 g/mol. The fourth-order valence-electron chi connectivity index (χ4n) is 0.408. The van der Waals surface area contributed by atoms with Gasteiger partial charge in [-0.2, -0.15) is 0 Å². The molecule has 0 amide bonds. The first-order chi connectivity index (χ1) is 13.1. The standard InChI is InChI=1S/2C4H10O.3C3H8.4C2H6.4CH4/c2*1-3-5-4-2;3*1-3-2;4*1-2;;;;/h2*3-4H2,1-2H3;3*3H2,1-2H3;4*1-2H3;4*1H4. The van der Waals surface area contributed by atoms with Crippen LogP contribution in [0.15, 0.2) is 0 Å². The molecule has 0 saturated heterocycles. The Kier molecular flexibility index (Phi) is 874. The van der Waals surface area contributed by atoms with Gasteiger partial charge in [0.15, 0.2) is 0 Å². The molecule has 2 heteroatoms. The molecule has 0 spiro atoms. The highest BCUT2D eigenvalue weighted by atomic mass is 16.5. The first kappa shape index (κ1) is 86.2. The Balaban J connectivity index is -0.0000000108. The molecule has 0 saturated carbocycles. The number of ether oxygens (including phenoxy) is 2. The minimum atomic E-state index is 0. The maximum Gasteiger partial charge on any atom is 0.0437 e. The molecule has 0 bridgehead atoms. The van der Waals surface area contributed by atoms with E-state index in [2.05, 4.69) is 41.5 Å². The van der Waals surface area contributed by atoms with E-state index in [0.29, 0.717) is 0 Å². The lowest BCUT2D eigenvalue weighted by atomic mass is 10.6. The molecule has 0 aliphatic carbocycles. The molecule has 0 radical (unpaired) electrons. The van der Waals surface area contributed by atoms with E-state index in [1.807, 2.05) is 83.1 Å². The lowest BCUT2D eigenvalue weighted by Gasteiger charge is -1.86. The summed E-state index contributed by atoms with van der Waals surface area (Å²) < 4.78 is 9.67. The van der Waals surface area contributed by atoms with Crippen LogP contribution in [0, 0.1) is 0 Å². The van der Waals surface area contributed by atoms with Gasteiger partial charge in [0.05, 0.1) is 0 Å². The Morgan fingerprint density at radius 3 is 0.355 bits per heavy atom. The van der Waals surface area contributed by atoms with Gasteiger partial charge in [-0.3, -0.25) is 0 Å². The van der Waals surface area contributed by atoms with Crippen LogP contribution in [0.4, 0.5) is 0 Å². The smallest absolute Gasteiger partial charge is 0.0437 e. The predicted molar refractivity (Wildman–Crippen MR) is 165 cm³/mol. The van der Waals surface area contributed by atoms with E-state index >= 15 is 0 Å². The SMILES string of the molecule is C.C.C.C.CC.CC.CC.CC.CCC.CCC.CCC.CCOCC.CCOCC. The van der Waals surface area contributed by atoms with E-state index in [1.54, 1.807) is 0 Å². The number of rotatable bonds is 4. The molecular weight excluding hydrogens is 380 g/mol. The van der Waals surface area contributed by atoms with Crippen LogP contribution < -0.4 is 0 Å². The maximum absolute atomic E-state index is 4.83. The van der Waals surface area contributed by atoms with Gasteiger partial charge in [-0.15, -0.1) is 0 Å². The highest BCUT2D eigenvalue weighted by molar-refractivity contribution is 4.07. The van der Waals surface area contributed by atoms with Crippen LogP contribution in [0.2, 0.25) is 0 Å². The third-order valence-electron chi connectivity index (χ3n) is 0.816. The van der Waals surface area contributed by atoms with E-state index in [4.69, 9.17) is 9.47 Å². The van der Waals surface area contributed by atoms with E-state index in [-0.39, 0.29) is 29.7 Å². The van der Waals surface area contributed by atoms with Gasteiger partial charge in [0.1, 0.15) is 0 Å². The first-order valence-electron chi connectivity index (χ1n) is 12.2. The molecule has 0 aromatic carbocycles. The lowest BCUT2D eigenvalue weighted by Crippen LogP contribution is -1.84. The average molecular weight is 465 g/mol. The highest BCUT2D eigenvalue weighted by Gasteiger charge is 1.64. The second kappa shape index (κ2) is 315. The molecule has 0 aromatic rings. The zero-order chi connectivity index (χ0) is 24.4. The van der Waals surface area contributed by atoms with Crippen molar-refractivity contribution in [1.29, 1.82) is 0 Å². The summed E-state index contributed by atoms with van der Waals surface area (Å²) in [6.45, 7) is 40.1. The second-order valence-electron chi connectivity index (χ2n) is 3.68. The summed E-state index contributed by atoms with van der Waals surface area (Å²) in [6.07, 6.45) is 3.75. The number of hydrogen-bond donors (Lipinski definition) is 0. The summed E-state index contributed by atoms with van der Waals surface area (Å²) in [5.74, 6) is 0. The maximum atomic E-state index is 4.83. The van der Waals surface area contributed by atoms with Crippen molar-refractivity contribution in [2.45, 2.75) is 174 Å². The molecule has 0 rings (SSSR count). The molecular formula is C29H84O2. The molecule has 2 nitrogen and oxygen atoms in total. The molecule has 0 N–H and O–H groups in total. The van der Waals surface area contributed by atoms with E-state index in [0.717, 1.165) is 26.4 Å². The van der Waals surface area contributed by atoms with E-state index in [9.17, 15) is 0 Å². The lowest BCUT2D eigenvalue weighted by molar-refractivity contribution is 0.162. The Labute approximate surface area is 209 Å². The van der Waals surface area contributed by atoms with Crippen LogP contribution in [0.5, 0.6) is 0 Å². The largest absolute Gasteiger partial charge is 0.382 e. The van der Waals surface area contributed by atoms with Crippen LogP contribution in [0.1, 0.15) is 174 Å². The summed E-state index contributed by atoms with van der Waals surface area (Å²) in [5, 5.41) is 0. The third kappa shape index (κ3) is 1520. The van der Waals surface area contributed by atoms with Crippen molar-refractivity contribution in [3.8, 4) is 0 Å². The Bertz CT molecular complexity index is 53.0. The summed E-state index contributed by atoms with van der Waals surface area (Å²) in [4.78, 5) is 0. The molecule has 212 valence electrons. The van der Waals surface area contributed by atoms with Crippen LogP contribution in [0.25, 0.3) is 0 Å². The Hall–Kier alpha value is -0.0800. The third-order valence-corrected chi connectivity index (χ3v) is 0.816. The summed E-state index contributed by atoms with van der Waals surface area (Å²) in [7, 11) is 0. The molecule has 0 atom stereocenters. The average Bonchev–Trinajstić information content (AvgIpc) is 2.72. The summed E-state index contributed by atoms with van der Waals surface area (Å²) in [6, 6.07) is 0. The molecule has 0 aliphatic heterocycles. The normalized spacial score (nSPS) is 5.23. The van der Waals surface area contributed by atoms with Crippen molar-refractivity contribution >= 4 is 0 Å². The van der Waals surface area contributed by atoms with Gasteiger partial charge in [-0.05, 0) is 27.7 Å². The van der Waals surface area contributed by atoms with Gasteiger partial charge < -0.3 is 9.47 Å². The molecule has 0 unspecified atom stereocenters. The topological polar surface area (TPSA) is 18.5 Å². The molecule has 0 aliphatic rings. The van der Waals surface area contributed by atoms with E-state index in [1.165, 1.54) is 19.3 Å². The zero-order valence-corrected chi connectivity index (χ0v) is 23.8. The van der Waals surface area contributed by atoms with Gasteiger partial charge in [0, 0.05) is 26.4 Å². The van der Waals surface area contributed by atoms with Gasteiger partial charge in [-0.25, -0.2) is 0 Å². The Morgan fingerprint density at radius 2 is 0.355 bits per heavy atom.